The molecule has 71 valence electrons. The highest BCUT2D eigenvalue weighted by Crippen LogP contribution is 2.31. The molecule has 1 nitrogen and oxygen atoms in total. The smallest absolute Gasteiger partial charge is 0.182 e. The van der Waals surface area contributed by atoms with E-state index in [0.29, 0.717) is 0 Å². The summed E-state index contributed by atoms with van der Waals surface area (Å²) in [6.07, 6.45) is 0.989. The lowest BCUT2D eigenvalue weighted by molar-refractivity contribution is 0.340. The van der Waals surface area contributed by atoms with Crippen molar-refractivity contribution in [2.24, 2.45) is 0 Å². The molecule has 0 N–H and O–H groups in total. The van der Waals surface area contributed by atoms with Gasteiger partial charge in [0.1, 0.15) is 0 Å². The van der Waals surface area contributed by atoms with Crippen LogP contribution in [0.15, 0.2) is 18.2 Å². The van der Waals surface area contributed by atoms with Crippen LogP contribution in [0.5, 0.6) is 5.75 Å². The molecule has 1 radical (unpaired) electrons. The second kappa shape index (κ2) is 3.41. The summed E-state index contributed by atoms with van der Waals surface area (Å²) < 4.78 is 0. The van der Waals surface area contributed by atoms with Crippen molar-refractivity contribution in [3.63, 3.8) is 0 Å². The van der Waals surface area contributed by atoms with Crippen LogP contribution >= 0.6 is 0 Å². The molecule has 0 aliphatic rings. The van der Waals surface area contributed by atoms with Gasteiger partial charge in [0.15, 0.2) is 5.75 Å². The van der Waals surface area contributed by atoms with E-state index in [-0.39, 0.29) is 11.2 Å². The van der Waals surface area contributed by atoms with Crippen molar-refractivity contribution in [2.75, 3.05) is 0 Å². The van der Waals surface area contributed by atoms with Crippen molar-refractivity contribution in [3.05, 3.63) is 29.3 Å². The molecule has 1 aromatic carbocycles. The van der Waals surface area contributed by atoms with Gasteiger partial charge < -0.3 is 0 Å². The lowest BCUT2D eigenvalue weighted by atomic mass is 9.85. The van der Waals surface area contributed by atoms with Gasteiger partial charge in [-0.1, -0.05) is 39.8 Å². The third-order valence-electron chi connectivity index (χ3n) is 2.26. The first-order valence-electron chi connectivity index (χ1n) is 4.75. The van der Waals surface area contributed by atoms with Crippen LogP contribution in [-0.4, -0.2) is 0 Å². The van der Waals surface area contributed by atoms with Gasteiger partial charge in [-0.3, -0.25) is 5.11 Å². The highest BCUT2D eigenvalue weighted by atomic mass is 16.3. The highest BCUT2D eigenvalue weighted by Gasteiger charge is 2.18. The molecule has 0 heterocycles. The molecule has 1 aromatic rings. The van der Waals surface area contributed by atoms with Crippen LogP contribution in [0.4, 0.5) is 0 Å². The van der Waals surface area contributed by atoms with Gasteiger partial charge in [0, 0.05) is 5.56 Å². The number of rotatable bonds is 1. The van der Waals surface area contributed by atoms with Gasteiger partial charge in [0.25, 0.3) is 0 Å². The molecule has 0 spiro atoms. The van der Waals surface area contributed by atoms with Crippen molar-refractivity contribution >= 4 is 0 Å². The minimum atomic E-state index is -0.0394. The van der Waals surface area contributed by atoms with Crippen LogP contribution < -0.4 is 0 Å². The van der Waals surface area contributed by atoms with Crippen LogP contribution in [-0.2, 0) is 16.9 Å². The zero-order chi connectivity index (χ0) is 10.1. The SMILES string of the molecule is CCc1ccc([O])c(C(C)(C)C)c1. The summed E-state index contributed by atoms with van der Waals surface area (Å²) in [6.45, 7) is 8.32. The molecular formula is C12H17O. The van der Waals surface area contributed by atoms with E-state index < -0.39 is 0 Å². The first-order chi connectivity index (χ1) is 5.95. The van der Waals surface area contributed by atoms with E-state index in [9.17, 15) is 5.11 Å². The van der Waals surface area contributed by atoms with E-state index in [1.165, 1.54) is 5.56 Å². The quantitative estimate of drug-likeness (QED) is 0.623. The molecule has 1 rings (SSSR count). The number of benzene rings is 1. The van der Waals surface area contributed by atoms with Crippen molar-refractivity contribution in [1.29, 1.82) is 0 Å². The fourth-order valence-electron chi connectivity index (χ4n) is 1.38. The maximum Gasteiger partial charge on any atom is 0.182 e. The Kier molecular flexibility index (Phi) is 2.65. The van der Waals surface area contributed by atoms with Gasteiger partial charge in [-0.15, -0.1) is 0 Å². The Balaban J connectivity index is 3.19. The number of aryl methyl sites for hydroxylation is 1. The summed E-state index contributed by atoms with van der Waals surface area (Å²) in [5.41, 5.74) is 2.12. The Hall–Kier alpha value is -0.980. The van der Waals surface area contributed by atoms with E-state index in [2.05, 4.69) is 27.7 Å². The number of hydrogen-bond acceptors (Lipinski definition) is 0. The first-order valence-corrected chi connectivity index (χ1v) is 4.75. The fraction of sp³-hybridized carbons (Fsp3) is 0.500. The number of hydrogen-bond donors (Lipinski definition) is 0. The van der Waals surface area contributed by atoms with Crippen LogP contribution in [0, 0.1) is 0 Å². The molecule has 0 aliphatic heterocycles. The minimum absolute atomic E-state index is 0.0394. The second-order valence-electron chi connectivity index (χ2n) is 4.43. The summed E-state index contributed by atoms with van der Waals surface area (Å²) in [6, 6.07) is 5.62. The molecule has 0 aliphatic carbocycles. The van der Waals surface area contributed by atoms with E-state index in [4.69, 9.17) is 0 Å². The van der Waals surface area contributed by atoms with Gasteiger partial charge >= 0.3 is 0 Å². The largest absolute Gasteiger partial charge is 0.290 e. The van der Waals surface area contributed by atoms with Crippen LogP contribution in [0.2, 0.25) is 0 Å². The van der Waals surface area contributed by atoms with Gasteiger partial charge in [-0.05, 0) is 23.5 Å². The standard InChI is InChI=1S/C12H17O/c1-5-9-6-7-11(13)10(8-9)12(2,3)4/h6-8H,5H2,1-4H3. The lowest BCUT2D eigenvalue weighted by Crippen LogP contribution is -2.11. The molecule has 0 aromatic heterocycles. The van der Waals surface area contributed by atoms with Crippen LogP contribution in [0.25, 0.3) is 0 Å². The van der Waals surface area contributed by atoms with Gasteiger partial charge in [-0.25, -0.2) is 0 Å². The maximum atomic E-state index is 11.5. The average Bonchev–Trinajstić information content (AvgIpc) is 2.03. The summed E-state index contributed by atoms with van der Waals surface area (Å²) in [5, 5.41) is 11.5. The normalized spacial score (nSPS) is 11.7. The molecule has 1 heteroatoms. The molecule has 0 fully saturated rings. The molecule has 0 saturated carbocycles. The van der Waals surface area contributed by atoms with Gasteiger partial charge in [0.2, 0.25) is 0 Å². The fourth-order valence-corrected chi connectivity index (χ4v) is 1.38. The van der Waals surface area contributed by atoms with Crippen molar-refractivity contribution in [1.82, 2.24) is 0 Å². The minimum Gasteiger partial charge on any atom is -0.290 e. The Morgan fingerprint density at radius 1 is 1.23 bits per heavy atom. The van der Waals surface area contributed by atoms with E-state index in [1.807, 2.05) is 12.1 Å². The van der Waals surface area contributed by atoms with Gasteiger partial charge in [-0.2, -0.15) is 0 Å². The maximum absolute atomic E-state index is 11.5. The summed E-state index contributed by atoms with van der Waals surface area (Å²) in [7, 11) is 0. The molecule has 0 saturated heterocycles. The molecule has 0 atom stereocenters. The predicted octanol–water partition coefficient (Wildman–Crippen LogP) is 3.69. The third kappa shape index (κ3) is 2.24. The van der Waals surface area contributed by atoms with Crippen LogP contribution in [0.1, 0.15) is 38.8 Å². The molecule has 0 amide bonds. The van der Waals surface area contributed by atoms with E-state index >= 15 is 0 Å². The summed E-state index contributed by atoms with van der Waals surface area (Å²) in [4.78, 5) is 0. The summed E-state index contributed by atoms with van der Waals surface area (Å²) >= 11 is 0. The van der Waals surface area contributed by atoms with Crippen molar-refractivity contribution in [3.8, 4) is 5.75 Å². The highest BCUT2D eigenvalue weighted by molar-refractivity contribution is 5.40. The second-order valence-corrected chi connectivity index (χ2v) is 4.43. The lowest BCUT2D eigenvalue weighted by Gasteiger charge is -2.19. The monoisotopic (exact) mass is 177 g/mol. The zero-order valence-electron chi connectivity index (χ0n) is 8.85. The molecule has 0 bridgehead atoms. The van der Waals surface area contributed by atoms with E-state index in [1.54, 1.807) is 6.07 Å². The Morgan fingerprint density at radius 2 is 1.85 bits per heavy atom. The Morgan fingerprint density at radius 3 is 2.31 bits per heavy atom. The average molecular weight is 177 g/mol. The Labute approximate surface area is 80.4 Å². The predicted molar refractivity (Wildman–Crippen MR) is 54.7 cm³/mol. The van der Waals surface area contributed by atoms with Crippen molar-refractivity contribution in [2.45, 2.75) is 39.5 Å². The topological polar surface area (TPSA) is 19.9 Å². The third-order valence-corrected chi connectivity index (χ3v) is 2.26. The first kappa shape index (κ1) is 10.1. The van der Waals surface area contributed by atoms with Crippen LogP contribution in [0.3, 0.4) is 0 Å². The molecule has 0 unspecified atom stereocenters. The zero-order valence-corrected chi connectivity index (χ0v) is 8.85. The van der Waals surface area contributed by atoms with Gasteiger partial charge in [0.05, 0.1) is 0 Å². The molecule has 13 heavy (non-hydrogen) atoms. The summed E-state index contributed by atoms with van der Waals surface area (Å²) in [5.74, 6) is 0.157. The van der Waals surface area contributed by atoms with E-state index in [0.717, 1.165) is 12.0 Å². The molecular weight excluding hydrogens is 160 g/mol. The van der Waals surface area contributed by atoms with Crippen molar-refractivity contribution < 1.29 is 5.11 Å². The Bertz CT molecular complexity index is 294.